The van der Waals surface area contributed by atoms with Crippen molar-refractivity contribution < 1.29 is 0 Å². The minimum Gasteiger partial charge on any atom is -0.399 e. The van der Waals surface area contributed by atoms with E-state index in [1.54, 1.807) is 6.08 Å². The molecule has 2 N–H and O–H groups in total. The van der Waals surface area contributed by atoms with Crippen molar-refractivity contribution in [1.82, 2.24) is 0 Å². The summed E-state index contributed by atoms with van der Waals surface area (Å²) in [5.41, 5.74) is 8.71. The first kappa shape index (κ1) is 9.02. The maximum atomic E-state index is 5.66. The van der Waals surface area contributed by atoms with E-state index >= 15 is 0 Å². The van der Waals surface area contributed by atoms with E-state index in [1.807, 2.05) is 26.8 Å². The van der Waals surface area contributed by atoms with Crippen LogP contribution in [-0.4, -0.2) is 0 Å². The topological polar surface area (TPSA) is 26.0 Å². The summed E-state index contributed by atoms with van der Waals surface area (Å²) >= 11 is 0. The maximum Gasteiger partial charge on any atom is 0.0343 e. The monoisotopic (exact) mass is 137 g/mol. The summed E-state index contributed by atoms with van der Waals surface area (Å²) in [5.74, 6) is 0. The van der Waals surface area contributed by atoms with Crippen LogP contribution in [-0.2, 0) is 0 Å². The smallest absolute Gasteiger partial charge is 0.0343 e. The highest BCUT2D eigenvalue weighted by Crippen LogP contribution is 2.10. The minimum atomic E-state index is 0.801. The minimum absolute atomic E-state index is 0.801. The molecule has 0 bridgehead atoms. The van der Waals surface area contributed by atoms with Crippen molar-refractivity contribution in [2.75, 3.05) is 0 Å². The third-order valence-electron chi connectivity index (χ3n) is 1.36. The Kier molecular flexibility index (Phi) is 3.55. The van der Waals surface area contributed by atoms with Gasteiger partial charge in [0, 0.05) is 5.70 Å². The molecule has 0 fully saturated rings. The molecule has 0 aromatic carbocycles. The van der Waals surface area contributed by atoms with Gasteiger partial charge < -0.3 is 5.73 Å². The maximum absolute atomic E-state index is 5.66. The van der Waals surface area contributed by atoms with E-state index in [4.69, 9.17) is 5.73 Å². The molecule has 0 saturated carbocycles. The Morgan fingerprint density at radius 1 is 1.40 bits per heavy atom. The zero-order valence-electron chi connectivity index (χ0n) is 6.94. The van der Waals surface area contributed by atoms with Crippen LogP contribution >= 0.6 is 0 Å². The van der Waals surface area contributed by atoms with Gasteiger partial charge in [-0.3, -0.25) is 0 Å². The molecular formula is C9H15N. The van der Waals surface area contributed by atoms with Crippen LogP contribution in [0.5, 0.6) is 0 Å². The van der Waals surface area contributed by atoms with Crippen LogP contribution in [0.4, 0.5) is 0 Å². The van der Waals surface area contributed by atoms with Gasteiger partial charge >= 0.3 is 0 Å². The van der Waals surface area contributed by atoms with Crippen molar-refractivity contribution >= 4 is 0 Å². The van der Waals surface area contributed by atoms with Gasteiger partial charge in [-0.25, -0.2) is 0 Å². The SMILES string of the molecule is C=CC(=C(C)C)/C(N)=C\C. The van der Waals surface area contributed by atoms with Gasteiger partial charge in [0.1, 0.15) is 0 Å². The van der Waals surface area contributed by atoms with E-state index in [2.05, 4.69) is 6.58 Å². The quantitative estimate of drug-likeness (QED) is 0.581. The predicted molar refractivity (Wildman–Crippen MR) is 46.5 cm³/mol. The van der Waals surface area contributed by atoms with Gasteiger partial charge in [0.15, 0.2) is 0 Å². The lowest BCUT2D eigenvalue weighted by molar-refractivity contribution is 1.24. The predicted octanol–water partition coefficient (Wildman–Crippen LogP) is 2.37. The van der Waals surface area contributed by atoms with Gasteiger partial charge in [0.05, 0.1) is 0 Å². The second-order valence-corrected chi connectivity index (χ2v) is 2.36. The molecule has 0 heterocycles. The third kappa shape index (κ3) is 2.09. The average molecular weight is 137 g/mol. The lowest BCUT2D eigenvalue weighted by atomic mass is 10.1. The summed E-state index contributed by atoms with van der Waals surface area (Å²) in [6, 6.07) is 0. The van der Waals surface area contributed by atoms with Crippen molar-refractivity contribution in [1.29, 1.82) is 0 Å². The van der Waals surface area contributed by atoms with Crippen molar-refractivity contribution in [2.45, 2.75) is 20.8 Å². The highest BCUT2D eigenvalue weighted by atomic mass is 14.6. The summed E-state index contributed by atoms with van der Waals surface area (Å²) in [7, 11) is 0. The Balaban J connectivity index is 4.71. The second kappa shape index (κ2) is 3.94. The van der Waals surface area contributed by atoms with Crippen LogP contribution in [0.25, 0.3) is 0 Å². The fraction of sp³-hybridized carbons (Fsp3) is 0.333. The highest BCUT2D eigenvalue weighted by Gasteiger charge is 1.94. The second-order valence-electron chi connectivity index (χ2n) is 2.36. The fourth-order valence-electron chi connectivity index (χ4n) is 0.766. The molecule has 0 radical (unpaired) electrons. The van der Waals surface area contributed by atoms with E-state index in [0.717, 1.165) is 11.3 Å². The normalized spacial score (nSPS) is 10.9. The average Bonchev–Trinajstić information content (AvgIpc) is 1.88. The molecule has 0 aliphatic carbocycles. The van der Waals surface area contributed by atoms with E-state index < -0.39 is 0 Å². The molecule has 0 spiro atoms. The molecule has 10 heavy (non-hydrogen) atoms. The van der Waals surface area contributed by atoms with Crippen LogP contribution in [0.15, 0.2) is 35.6 Å². The van der Waals surface area contributed by atoms with Gasteiger partial charge in [0.25, 0.3) is 0 Å². The van der Waals surface area contributed by atoms with E-state index in [-0.39, 0.29) is 0 Å². The van der Waals surface area contributed by atoms with E-state index in [9.17, 15) is 0 Å². The highest BCUT2D eigenvalue weighted by molar-refractivity contribution is 5.39. The van der Waals surface area contributed by atoms with Crippen LogP contribution in [0, 0.1) is 0 Å². The number of hydrogen-bond acceptors (Lipinski definition) is 1. The fourth-order valence-corrected chi connectivity index (χ4v) is 0.766. The van der Waals surface area contributed by atoms with E-state index in [0.29, 0.717) is 0 Å². The molecular weight excluding hydrogens is 122 g/mol. The molecule has 0 amide bonds. The molecule has 0 aromatic heterocycles. The lowest BCUT2D eigenvalue weighted by Gasteiger charge is -2.02. The van der Waals surface area contributed by atoms with E-state index in [1.165, 1.54) is 5.57 Å². The zero-order chi connectivity index (χ0) is 8.15. The Morgan fingerprint density at radius 3 is 2.00 bits per heavy atom. The standard InChI is InChI=1S/C9H15N/c1-5-8(7(3)4)9(10)6-2/h5-6H,1,10H2,2-4H3/b9-6+. The Bertz CT molecular complexity index is 181. The largest absolute Gasteiger partial charge is 0.399 e. The summed E-state index contributed by atoms with van der Waals surface area (Å²) in [5, 5.41) is 0. The molecule has 1 heteroatoms. The van der Waals surface area contributed by atoms with Gasteiger partial charge in [-0.2, -0.15) is 0 Å². The van der Waals surface area contributed by atoms with Crippen molar-refractivity contribution in [2.24, 2.45) is 5.73 Å². The zero-order valence-corrected chi connectivity index (χ0v) is 6.94. The first-order valence-corrected chi connectivity index (χ1v) is 3.35. The first-order chi connectivity index (χ1) is 4.63. The molecule has 0 aliphatic rings. The molecule has 0 unspecified atom stereocenters. The Labute approximate surface area is 62.9 Å². The first-order valence-electron chi connectivity index (χ1n) is 3.35. The van der Waals surface area contributed by atoms with Crippen LogP contribution in [0.2, 0.25) is 0 Å². The summed E-state index contributed by atoms with van der Waals surface area (Å²) < 4.78 is 0. The molecule has 0 aromatic rings. The van der Waals surface area contributed by atoms with Crippen molar-refractivity contribution in [3.63, 3.8) is 0 Å². The van der Waals surface area contributed by atoms with Crippen molar-refractivity contribution in [3.05, 3.63) is 35.6 Å². The lowest BCUT2D eigenvalue weighted by Crippen LogP contribution is -1.99. The molecule has 0 saturated heterocycles. The van der Waals surface area contributed by atoms with Gasteiger partial charge in [-0.1, -0.05) is 24.3 Å². The molecule has 0 aliphatic heterocycles. The van der Waals surface area contributed by atoms with Crippen LogP contribution in [0.1, 0.15) is 20.8 Å². The molecule has 56 valence electrons. The molecule has 0 rings (SSSR count). The van der Waals surface area contributed by atoms with Crippen LogP contribution < -0.4 is 5.73 Å². The van der Waals surface area contributed by atoms with Gasteiger partial charge in [0.2, 0.25) is 0 Å². The number of rotatable bonds is 2. The van der Waals surface area contributed by atoms with Crippen molar-refractivity contribution in [3.8, 4) is 0 Å². The summed E-state index contributed by atoms with van der Waals surface area (Å²) in [6.45, 7) is 9.63. The van der Waals surface area contributed by atoms with Gasteiger partial charge in [-0.15, -0.1) is 0 Å². The third-order valence-corrected chi connectivity index (χ3v) is 1.36. The number of nitrogens with two attached hydrogens (primary N) is 1. The molecule has 0 atom stereocenters. The number of hydrogen-bond donors (Lipinski definition) is 1. The Hall–Kier alpha value is -0.980. The molecule has 1 nitrogen and oxygen atoms in total. The summed E-state index contributed by atoms with van der Waals surface area (Å²) in [6.07, 6.45) is 3.66. The Morgan fingerprint density at radius 2 is 1.90 bits per heavy atom. The van der Waals surface area contributed by atoms with Crippen LogP contribution in [0.3, 0.4) is 0 Å². The number of allylic oxidation sites excluding steroid dienone is 3. The summed E-state index contributed by atoms with van der Waals surface area (Å²) in [4.78, 5) is 0. The van der Waals surface area contributed by atoms with Gasteiger partial charge in [-0.05, 0) is 26.3 Å².